The van der Waals surface area contributed by atoms with Crippen molar-refractivity contribution in [3.8, 4) is 0 Å². The van der Waals surface area contributed by atoms with Gasteiger partial charge in [0.1, 0.15) is 5.01 Å². The third-order valence-corrected chi connectivity index (χ3v) is 4.51. The molecule has 18 heavy (non-hydrogen) atoms. The summed E-state index contributed by atoms with van der Waals surface area (Å²) in [6, 6.07) is 0. The van der Waals surface area contributed by atoms with Crippen LogP contribution >= 0.6 is 11.3 Å². The van der Waals surface area contributed by atoms with Gasteiger partial charge in [0.25, 0.3) is 0 Å². The van der Waals surface area contributed by atoms with E-state index in [2.05, 4.69) is 10.2 Å². The summed E-state index contributed by atoms with van der Waals surface area (Å²) in [6.07, 6.45) is 6.04. The molecule has 2 amide bonds. The fourth-order valence-electron chi connectivity index (χ4n) is 2.47. The summed E-state index contributed by atoms with van der Waals surface area (Å²) < 4.78 is 0. The number of aryl methyl sites for hydroxylation is 1. The molecule has 2 atom stereocenters. The number of fused-ring (bicyclic) bond motifs is 1. The molecule has 1 fully saturated rings. The maximum Gasteiger partial charge on any atom is 0.239 e. The maximum atomic E-state index is 12.3. The molecule has 94 valence electrons. The first kappa shape index (κ1) is 11.5. The summed E-state index contributed by atoms with van der Waals surface area (Å²) in [5.74, 6) is -0.630. The van der Waals surface area contributed by atoms with Crippen LogP contribution in [0.3, 0.4) is 0 Å². The topological polar surface area (TPSA) is 63.2 Å². The van der Waals surface area contributed by atoms with E-state index in [1.807, 2.05) is 19.1 Å². The number of hydrogen-bond donors (Lipinski definition) is 0. The molecule has 0 radical (unpaired) electrons. The fraction of sp³-hybridized carbons (Fsp3) is 0.500. The van der Waals surface area contributed by atoms with Crippen LogP contribution < -0.4 is 4.90 Å². The number of carbonyl (C=O) groups excluding carboxylic acids is 2. The second-order valence-electron chi connectivity index (χ2n) is 4.50. The highest BCUT2D eigenvalue weighted by Gasteiger charge is 2.49. The van der Waals surface area contributed by atoms with E-state index in [1.165, 1.54) is 16.2 Å². The summed E-state index contributed by atoms with van der Waals surface area (Å²) in [4.78, 5) is 25.8. The summed E-state index contributed by atoms with van der Waals surface area (Å²) in [5, 5.41) is 9.21. The van der Waals surface area contributed by atoms with E-state index in [0.29, 0.717) is 18.0 Å². The van der Waals surface area contributed by atoms with Gasteiger partial charge >= 0.3 is 0 Å². The zero-order valence-corrected chi connectivity index (χ0v) is 10.8. The first-order valence-electron chi connectivity index (χ1n) is 6.07. The Hall–Kier alpha value is -1.56. The maximum absolute atomic E-state index is 12.3. The highest BCUT2D eigenvalue weighted by molar-refractivity contribution is 7.15. The number of carbonyl (C=O) groups is 2. The Morgan fingerprint density at radius 1 is 1.22 bits per heavy atom. The Bertz CT molecular complexity index is 511. The summed E-state index contributed by atoms with van der Waals surface area (Å²) in [6.45, 7) is 1.97. The highest BCUT2D eigenvalue weighted by Crippen LogP contribution is 2.38. The number of aromatic nitrogens is 2. The summed E-state index contributed by atoms with van der Waals surface area (Å²) >= 11 is 1.32. The van der Waals surface area contributed by atoms with Crippen LogP contribution in [-0.4, -0.2) is 22.0 Å². The molecule has 5 nitrogen and oxygen atoms in total. The number of allylic oxidation sites excluding steroid dienone is 2. The molecule has 1 aliphatic carbocycles. The molecule has 0 aromatic carbocycles. The first-order chi connectivity index (χ1) is 8.72. The smallest absolute Gasteiger partial charge is 0.239 e. The number of anilines is 1. The van der Waals surface area contributed by atoms with Crippen molar-refractivity contribution < 1.29 is 9.59 Å². The van der Waals surface area contributed by atoms with Gasteiger partial charge in [0.05, 0.1) is 11.8 Å². The second-order valence-corrected chi connectivity index (χ2v) is 5.54. The predicted molar refractivity (Wildman–Crippen MR) is 67.1 cm³/mol. The Morgan fingerprint density at radius 3 is 2.33 bits per heavy atom. The van der Waals surface area contributed by atoms with Gasteiger partial charge in [-0.15, -0.1) is 10.2 Å². The van der Waals surface area contributed by atoms with Gasteiger partial charge < -0.3 is 0 Å². The SMILES string of the molecule is CCc1nnc(N2C(=O)C3CC=CCC3C2=O)s1. The van der Waals surface area contributed by atoms with Crippen LogP contribution in [0.15, 0.2) is 12.2 Å². The van der Waals surface area contributed by atoms with E-state index in [-0.39, 0.29) is 23.7 Å². The minimum atomic E-state index is -0.198. The monoisotopic (exact) mass is 263 g/mol. The van der Waals surface area contributed by atoms with Gasteiger partial charge in [-0.2, -0.15) is 0 Å². The van der Waals surface area contributed by atoms with Gasteiger partial charge in [-0.05, 0) is 19.3 Å². The van der Waals surface area contributed by atoms with Gasteiger partial charge in [0.15, 0.2) is 0 Å². The molecule has 2 heterocycles. The van der Waals surface area contributed by atoms with Gasteiger partial charge in [0.2, 0.25) is 16.9 Å². The van der Waals surface area contributed by atoms with Crippen molar-refractivity contribution in [2.75, 3.05) is 4.90 Å². The second kappa shape index (κ2) is 4.28. The van der Waals surface area contributed by atoms with E-state index >= 15 is 0 Å². The number of hydrogen-bond acceptors (Lipinski definition) is 5. The molecule has 1 aromatic rings. The van der Waals surface area contributed by atoms with E-state index in [0.717, 1.165) is 11.4 Å². The molecule has 6 heteroatoms. The molecule has 2 unspecified atom stereocenters. The number of imide groups is 1. The molecule has 2 aliphatic rings. The molecule has 1 aromatic heterocycles. The van der Waals surface area contributed by atoms with Gasteiger partial charge in [-0.1, -0.05) is 30.4 Å². The molecule has 0 bridgehead atoms. The summed E-state index contributed by atoms with van der Waals surface area (Å²) in [5.41, 5.74) is 0. The molecule has 0 spiro atoms. The van der Waals surface area contributed by atoms with Crippen molar-refractivity contribution in [3.63, 3.8) is 0 Å². The van der Waals surface area contributed by atoms with Crippen molar-refractivity contribution >= 4 is 28.3 Å². The molecule has 0 saturated carbocycles. The Labute approximate surface area is 109 Å². The van der Waals surface area contributed by atoms with Crippen molar-refractivity contribution in [1.29, 1.82) is 0 Å². The van der Waals surface area contributed by atoms with Crippen LogP contribution in [0.25, 0.3) is 0 Å². The van der Waals surface area contributed by atoms with Crippen molar-refractivity contribution in [2.24, 2.45) is 11.8 Å². The minimum absolute atomic E-state index is 0.117. The number of amides is 2. The van der Waals surface area contributed by atoms with Gasteiger partial charge in [0, 0.05) is 0 Å². The lowest BCUT2D eigenvalue weighted by molar-refractivity contribution is -0.122. The van der Waals surface area contributed by atoms with Crippen molar-refractivity contribution in [1.82, 2.24) is 10.2 Å². The van der Waals surface area contributed by atoms with E-state index in [9.17, 15) is 9.59 Å². The van der Waals surface area contributed by atoms with E-state index in [1.54, 1.807) is 0 Å². The Kier molecular flexibility index (Phi) is 2.74. The van der Waals surface area contributed by atoms with Crippen LogP contribution in [0.5, 0.6) is 0 Å². The standard InChI is InChI=1S/C12H13N3O2S/c1-2-9-13-14-12(18-9)15-10(16)7-5-3-4-6-8(7)11(15)17/h3-4,7-8H,2,5-6H2,1H3. The van der Waals surface area contributed by atoms with Crippen LogP contribution in [0.1, 0.15) is 24.8 Å². The fourth-order valence-corrected chi connectivity index (χ4v) is 3.26. The molecular weight excluding hydrogens is 250 g/mol. The van der Waals surface area contributed by atoms with Gasteiger partial charge in [-0.25, -0.2) is 4.90 Å². The highest BCUT2D eigenvalue weighted by atomic mass is 32.1. The predicted octanol–water partition coefficient (Wildman–Crippen LogP) is 1.56. The normalized spacial score (nSPS) is 26.8. The average molecular weight is 263 g/mol. The first-order valence-corrected chi connectivity index (χ1v) is 6.89. The average Bonchev–Trinajstić information content (AvgIpc) is 2.95. The molecule has 0 N–H and O–H groups in total. The lowest BCUT2D eigenvalue weighted by Gasteiger charge is -2.14. The Morgan fingerprint density at radius 2 is 1.83 bits per heavy atom. The molecule has 3 rings (SSSR count). The Balaban J connectivity index is 1.94. The zero-order valence-electron chi connectivity index (χ0n) is 10.00. The number of rotatable bonds is 2. The van der Waals surface area contributed by atoms with Crippen LogP contribution in [0.2, 0.25) is 0 Å². The van der Waals surface area contributed by atoms with Crippen LogP contribution in [0.4, 0.5) is 5.13 Å². The third-order valence-electron chi connectivity index (χ3n) is 3.46. The van der Waals surface area contributed by atoms with E-state index < -0.39 is 0 Å². The van der Waals surface area contributed by atoms with Gasteiger partial charge in [-0.3, -0.25) is 9.59 Å². The van der Waals surface area contributed by atoms with Crippen LogP contribution in [0, 0.1) is 11.8 Å². The van der Waals surface area contributed by atoms with E-state index in [4.69, 9.17) is 0 Å². The number of nitrogens with zero attached hydrogens (tertiary/aromatic N) is 3. The van der Waals surface area contributed by atoms with Crippen molar-refractivity contribution in [3.05, 3.63) is 17.2 Å². The molecule has 1 saturated heterocycles. The molecule has 1 aliphatic heterocycles. The quantitative estimate of drug-likeness (QED) is 0.600. The zero-order chi connectivity index (χ0) is 12.7. The third kappa shape index (κ3) is 1.59. The lowest BCUT2D eigenvalue weighted by atomic mass is 9.85. The largest absolute Gasteiger partial charge is 0.274 e. The van der Waals surface area contributed by atoms with Crippen LogP contribution in [-0.2, 0) is 16.0 Å². The lowest BCUT2D eigenvalue weighted by Crippen LogP contribution is -2.30. The van der Waals surface area contributed by atoms with Crippen molar-refractivity contribution in [2.45, 2.75) is 26.2 Å². The summed E-state index contributed by atoms with van der Waals surface area (Å²) in [7, 11) is 0. The minimum Gasteiger partial charge on any atom is -0.274 e. The molecular formula is C12H13N3O2S.